The van der Waals surface area contributed by atoms with Crippen molar-refractivity contribution in [1.29, 1.82) is 0 Å². The molecule has 112 valence electrons. The van der Waals surface area contributed by atoms with E-state index in [0.29, 0.717) is 17.7 Å². The molecule has 2 N–H and O–H groups in total. The molecule has 2 rings (SSSR count). The molecule has 1 aromatic rings. The summed E-state index contributed by atoms with van der Waals surface area (Å²) in [6, 6.07) is 7.15. The van der Waals surface area contributed by atoms with Crippen LogP contribution in [0.15, 0.2) is 24.3 Å². The molecule has 1 saturated heterocycles. The molecule has 0 unspecified atom stereocenters. The second-order valence-corrected chi connectivity index (χ2v) is 4.72. The lowest BCUT2D eigenvalue weighted by molar-refractivity contribution is 0.0383. The van der Waals surface area contributed by atoms with Crippen LogP contribution in [0.3, 0.4) is 0 Å². The van der Waals surface area contributed by atoms with Crippen molar-refractivity contribution >= 4 is 5.91 Å². The lowest BCUT2D eigenvalue weighted by Gasteiger charge is -2.26. The van der Waals surface area contributed by atoms with Crippen LogP contribution in [0.5, 0.6) is 0 Å². The van der Waals surface area contributed by atoms with Crippen LogP contribution in [0, 0.1) is 11.8 Å². The first-order chi connectivity index (χ1) is 10.3. The van der Waals surface area contributed by atoms with Crippen molar-refractivity contribution in [2.75, 3.05) is 46.0 Å². The Hall–Kier alpha value is -1.87. The molecule has 1 aliphatic heterocycles. The van der Waals surface area contributed by atoms with Gasteiger partial charge in [0.25, 0.3) is 5.91 Å². The van der Waals surface area contributed by atoms with Crippen molar-refractivity contribution in [3.63, 3.8) is 0 Å². The maximum absolute atomic E-state index is 12.2. The van der Waals surface area contributed by atoms with Crippen LogP contribution >= 0.6 is 0 Å². The molecule has 1 heterocycles. The van der Waals surface area contributed by atoms with Crippen molar-refractivity contribution in [2.45, 2.75) is 0 Å². The number of rotatable bonds is 4. The number of carbonyl (C=O) groups excluding carboxylic acids is 1. The van der Waals surface area contributed by atoms with E-state index >= 15 is 0 Å². The van der Waals surface area contributed by atoms with Gasteiger partial charge in [0.1, 0.15) is 6.61 Å². The molecule has 1 aromatic carbocycles. The van der Waals surface area contributed by atoms with E-state index in [0.717, 1.165) is 32.8 Å². The first-order valence-corrected chi connectivity index (χ1v) is 7.08. The highest BCUT2D eigenvalue weighted by atomic mass is 16.5. The highest BCUT2D eigenvalue weighted by Gasteiger charge is 2.12. The predicted molar refractivity (Wildman–Crippen MR) is 80.0 cm³/mol. The van der Waals surface area contributed by atoms with Gasteiger partial charge in [-0.25, -0.2) is 0 Å². The fourth-order valence-electron chi connectivity index (χ4n) is 2.17. The number of nitrogens with zero attached hydrogens (tertiary/aromatic N) is 1. The smallest absolute Gasteiger partial charge is 0.252 e. The highest BCUT2D eigenvalue weighted by Crippen LogP contribution is 2.07. The standard InChI is InChI=1S/C16H20N2O3/c19-11-3-5-14-4-1-2-6-15(14)16(20)17-7-8-18-9-12-21-13-10-18/h1-2,4,6,19H,7-13H2,(H,17,20). The van der Waals surface area contributed by atoms with Crippen molar-refractivity contribution < 1.29 is 14.6 Å². The number of hydrogen-bond acceptors (Lipinski definition) is 4. The average Bonchev–Trinajstić information content (AvgIpc) is 2.54. The minimum Gasteiger partial charge on any atom is -0.384 e. The van der Waals surface area contributed by atoms with E-state index < -0.39 is 0 Å². The first-order valence-electron chi connectivity index (χ1n) is 7.08. The van der Waals surface area contributed by atoms with E-state index in [1.165, 1.54) is 0 Å². The van der Waals surface area contributed by atoms with Gasteiger partial charge < -0.3 is 15.2 Å². The molecule has 0 saturated carbocycles. The molecule has 0 bridgehead atoms. The molecule has 1 aliphatic rings. The van der Waals surface area contributed by atoms with Gasteiger partial charge >= 0.3 is 0 Å². The topological polar surface area (TPSA) is 61.8 Å². The summed E-state index contributed by atoms with van der Waals surface area (Å²) in [6.45, 7) is 4.54. The molecule has 1 amide bonds. The van der Waals surface area contributed by atoms with Gasteiger partial charge in [-0.2, -0.15) is 0 Å². The third kappa shape index (κ3) is 4.87. The van der Waals surface area contributed by atoms with Gasteiger partial charge in [-0.3, -0.25) is 9.69 Å². The second-order valence-electron chi connectivity index (χ2n) is 4.72. The zero-order valence-corrected chi connectivity index (χ0v) is 12.0. The van der Waals surface area contributed by atoms with Crippen LogP contribution < -0.4 is 5.32 Å². The van der Waals surface area contributed by atoms with Gasteiger partial charge in [0.2, 0.25) is 0 Å². The summed E-state index contributed by atoms with van der Waals surface area (Å²) in [6.07, 6.45) is 0. The van der Waals surface area contributed by atoms with Crippen LogP contribution in [0.25, 0.3) is 0 Å². The van der Waals surface area contributed by atoms with Crippen molar-refractivity contribution in [2.24, 2.45) is 0 Å². The predicted octanol–water partition coefficient (Wildman–Crippen LogP) is 0.0924. The molecule has 0 spiro atoms. The number of ether oxygens (including phenoxy) is 1. The van der Waals surface area contributed by atoms with Crippen molar-refractivity contribution in [3.8, 4) is 11.8 Å². The van der Waals surface area contributed by atoms with Crippen LogP contribution in [0.2, 0.25) is 0 Å². The van der Waals surface area contributed by atoms with Gasteiger partial charge in [0.05, 0.1) is 18.8 Å². The zero-order valence-electron chi connectivity index (χ0n) is 12.0. The SMILES string of the molecule is O=C(NCCN1CCOCC1)c1ccccc1C#CCO. The molecule has 0 atom stereocenters. The van der Waals surface area contributed by atoms with E-state index in [2.05, 4.69) is 22.1 Å². The maximum Gasteiger partial charge on any atom is 0.252 e. The van der Waals surface area contributed by atoms with Gasteiger partial charge in [0.15, 0.2) is 0 Å². The van der Waals surface area contributed by atoms with Gasteiger partial charge in [0, 0.05) is 31.7 Å². The Morgan fingerprint density at radius 1 is 1.33 bits per heavy atom. The Balaban J connectivity index is 1.88. The quantitative estimate of drug-likeness (QED) is 0.771. The lowest BCUT2D eigenvalue weighted by atomic mass is 10.1. The first kappa shape index (κ1) is 15.5. The Kier molecular flexibility index (Phi) is 6.22. The third-order valence-corrected chi connectivity index (χ3v) is 3.29. The summed E-state index contributed by atoms with van der Waals surface area (Å²) in [5, 5.41) is 11.7. The van der Waals surface area contributed by atoms with Crippen LogP contribution in [0.1, 0.15) is 15.9 Å². The van der Waals surface area contributed by atoms with Crippen LogP contribution in [-0.4, -0.2) is 61.9 Å². The summed E-state index contributed by atoms with van der Waals surface area (Å²) in [5.41, 5.74) is 1.18. The van der Waals surface area contributed by atoms with Crippen molar-refractivity contribution in [3.05, 3.63) is 35.4 Å². The number of carbonyl (C=O) groups is 1. The number of morpholine rings is 1. The van der Waals surface area contributed by atoms with E-state index in [-0.39, 0.29) is 12.5 Å². The molecule has 0 radical (unpaired) electrons. The molecular weight excluding hydrogens is 268 g/mol. The summed E-state index contributed by atoms with van der Waals surface area (Å²) in [4.78, 5) is 14.5. The molecule has 5 heteroatoms. The lowest BCUT2D eigenvalue weighted by Crippen LogP contribution is -2.41. The fourth-order valence-corrected chi connectivity index (χ4v) is 2.17. The van der Waals surface area contributed by atoms with E-state index in [9.17, 15) is 4.79 Å². The van der Waals surface area contributed by atoms with Gasteiger partial charge in [-0.1, -0.05) is 24.0 Å². The highest BCUT2D eigenvalue weighted by molar-refractivity contribution is 5.96. The molecule has 5 nitrogen and oxygen atoms in total. The summed E-state index contributed by atoms with van der Waals surface area (Å²) >= 11 is 0. The minimum absolute atomic E-state index is 0.133. The van der Waals surface area contributed by atoms with E-state index in [1.807, 2.05) is 6.07 Å². The molecule has 0 aliphatic carbocycles. The number of hydrogen-bond donors (Lipinski definition) is 2. The number of aliphatic hydroxyl groups excluding tert-OH is 1. The van der Waals surface area contributed by atoms with Gasteiger partial charge in [-0.05, 0) is 12.1 Å². The second kappa shape index (κ2) is 8.42. The van der Waals surface area contributed by atoms with Gasteiger partial charge in [-0.15, -0.1) is 0 Å². The fraction of sp³-hybridized carbons (Fsp3) is 0.438. The number of aliphatic hydroxyl groups is 1. The summed E-state index contributed by atoms with van der Waals surface area (Å²) in [7, 11) is 0. The minimum atomic E-state index is -0.215. The molecule has 21 heavy (non-hydrogen) atoms. The Morgan fingerprint density at radius 3 is 2.86 bits per heavy atom. The van der Waals surface area contributed by atoms with E-state index in [1.54, 1.807) is 18.2 Å². The third-order valence-electron chi connectivity index (χ3n) is 3.29. The number of amides is 1. The van der Waals surface area contributed by atoms with Crippen molar-refractivity contribution in [1.82, 2.24) is 10.2 Å². The zero-order chi connectivity index (χ0) is 14.9. The monoisotopic (exact) mass is 288 g/mol. The average molecular weight is 288 g/mol. The largest absolute Gasteiger partial charge is 0.384 e. The number of nitrogens with one attached hydrogen (secondary N) is 1. The Morgan fingerprint density at radius 2 is 2.10 bits per heavy atom. The summed E-state index contributed by atoms with van der Waals surface area (Å²) in [5.74, 6) is 5.23. The number of benzene rings is 1. The Bertz CT molecular complexity index is 528. The normalized spacial score (nSPS) is 15.1. The van der Waals surface area contributed by atoms with Crippen LogP contribution in [-0.2, 0) is 4.74 Å². The van der Waals surface area contributed by atoms with E-state index in [4.69, 9.17) is 9.84 Å². The molecular formula is C16H20N2O3. The Labute approximate surface area is 124 Å². The maximum atomic E-state index is 12.2. The molecule has 1 fully saturated rings. The molecule has 0 aromatic heterocycles. The van der Waals surface area contributed by atoms with Crippen LogP contribution in [0.4, 0.5) is 0 Å². The summed E-state index contributed by atoms with van der Waals surface area (Å²) < 4.78 is 5.29.